The summed E-state index contributed by atoms with van der Waals surface area (Å²) in [6, 6.07) is 1.98. The van der Waals surface area contributed by atoms with Crippen LogP contribution in [0, 0.1) is 11.3 Å². The summed E-state index contributed by atoms with van der Waals surface area (Å²) in [7, 11) is 0. The first-order valence-corrected chi connectivity index (χ1v) is 8.95. The van der Waals surface area contributed by atoms with E-state index in [1.165, 1.54) is 12.4 Å². The Morgan fingerprint density at radius 3 is 3.00 bits per heavy atom. The van der Waals surface area contributed by atoms with Crippen molar-refractivity contribution in [3.05, 3.63) is 41.1 Å². The van der Waals surface area contributed by atoms with Crippen LogP contribution in [0.15, 0.2) is 35.4 Å². The minimum absolute atomic E-state index is 0.134. The van der Waals surface area contributed by atoms with E-state index in [0.717, 1.165) is 12.1 Å². The van der Waals surface area contributed by atoms with Gasteiger partial charge in [-0.15, -0.1) is 0 Å². The molecule has 4 heterocycles. The van der Waals surface area contributed by atoms with Crippen molar-refractivity contribution < 1.29 is 9.59 Å². The van der Waals surface area contributed by atoms with Gasteiger partial charge in [-0.2, -0.15) is 11.3 Å². The van der Waals surface area contributed by atoms with Crippen LogP contribution in [0.3, 0.4) is 0 Å². The van der Waals surface area contributed by atoms with Crippen molar-refractivity contribution in [2.75, 3.05) is 24.5 Å². The molecule has 2 aliphatic rings. The minimum atomic E-state index is -0.472. The number of hydrogen-bond acceptors (Lipinski definition) is 5. The largest absolute Gasteiger partial charge is 0.336 e. The van der Waals surface area contributed by atoms with E-state index in [9.17, 15) is 9.59 Å². The zero-order chi connectivity index (χ0) is 16.7. The maximum Gasteiger partial charge on any atom is 0.274 e. The van der Waals surface area contributed by atoms with Gasteiger partial charge in [-0.3, -0.25) is 14.6 Å². The van der Waals surface area contributed by atoms with Gasteiger partial charge in [0.05, 0.1) is 17.3 Å². The Kier molecular flexibility index (Phi) is 3.60. The van der Waals surface area contributed by atoms with Crippen molar-refractivity contribution in [2.24, 2.45) is 11.3 Å². The average Bonchev–Trinajstić information content (AvgIpc) is 3.31. The molecule has 4 rings (SSSR count). The fraction of sp³-hybridized carbons (Fsp3) is 0.412. The lowest BCUT2D eigenvalue weighted by Crippen LogP contribution is -2.40. The van der Waals surface area contributed by atoms with Crippen molar-refractivity contribution >= 4 is 28.8 Å². The lowest BCUT2D eigenvalue weighted by molar-refractivity contribution is -0.126. The molecule has 0 bridgehead atoms. The predicted molar refractivity (Wildman–Crippen MR) is 90.8 cm³/mol. The van der Waals surface area contributed by atoms with Crippen LogP contribution in [0.4, 0.5) is 5.69 Å². The first-order chi connectivity index (χ1) is 11.6. The maximum absolute atomic E-state index is 13.1. The van der Waals surface area contributed by atoms with E-state index in [2.05, 4.69) is 16.9 Å². The number of rotatable bonds is 2. The fourth-order valence-electron chi connectivity index (χ4n) is 3.84. The highest BCUT2D eigenvalue weighted by Crippen LogP contribution is 2.46. The Balaban J connectivity index is 1.57. The Morgan fingerprint density at radius 2 is 2.29 bits per heavy atom. The lowest BCUT2D eigenvalue weighted by Gasteiger charge is -2.26. The molecule has 0 saturated carbocycles. The topological polar surface area (TPSA) is 66.4 Å². The predicted octanol–water partition coefficient (Wildman–Crippen LogP) is 2.05. The highest BCUT2D eigenvalue weighted by Gasteiger charge is 2.56. The summed E-state index contributed by atoms with van der Waals surface area (Å²) < 4.78 is 0. The van der Waals surface area contributed by atoms with Crippen molar-refractivity contribution in [1.29, 1.82) is 0 Å². The highest BCUT2D eigenvalue weighted by atomic mass is 32.1. The van der Waals surface area contributed by atoms with Gasteiger partial charge in [0.1, 0.15) is 5.69 Å². The van der Waals surface area contributed by atoms with Crippen LogP contribution in [0.5, 0.6) is 0 Å². The number of thiophene rings is 1. The van der Waals surface area contributed by atoms with Crippen LogP contribution in [-0.4, -0.2) is 46.3 Å². The van der Waals surface area contributed by atoms with Crippen LogP contribution in [0.2, 0.25) is 0 Å². The third-order valence-electron chi connectivity index (χ3n) is 5.25. The molecule has 124 valence electrons. The van der Waals surface area contributed by atoms with Gasteiger partial charge in [-0.1, -0.05) is 6.92 Å². The Bertz CT molecular complexity index is 764. The van der Waals surface area contributed by atoms with Crippen molar-refractivity contribution in [3.63, 3.8) is 0 Å². The van der Waals surface area contributed by atoms with E-state index in [0.29, 0.717) is 25.3 Å². The van der Waals surface area contributed by atoms with Crippen molar-refractivity contribution in [2.45, 2.75) is 13.3 Å². The van der Waals surface area contributed by atoms with Crippen molar-refractivity contribution in [3.8, 4) is 0 Å². The molecule has 2 aliphatic heterocycles. The summed E-state index contributed by atoms with van der Waals surface area (Å²) >= 11 is 1.59. The number of carbonyl (C=O) groups is 2. The van der Waals surface area contributed by atoms with Crippen LogP contribution in [0.1, 0.15) is 23.8 Å². The molecule has 2 aromatic heterocycles. The quantitative estimate of drug-likeness (QED) is 0.838. The third-order valence-corrected chi connectivity index (χ3v) is 5.92. The molecule has 2 amide bonds. The van der Waals surface area contributed by atoms with Gasteiger partial charge in [-0.25, -0.2) is 4.98 Å². The normalized spacial score (nSPS) is 26.5. The summed E-state index contributed by atoms with van der Waals surface area (Å²) in [6.07, 6.45) is 5.32. The molecule has 2 saturated heterocycles. The molecule has 6 nitrogen and oxygen atoms in total. The number of hydrogen-bond donors (Lipinski definition) is 0. The standard InChI is InChI=1S/C17H18N4O2S/c1-12-9-20(15(22)14-8-18-4-5-19-14)11-17(12)3-6-21(16(17)23)13-2-7-24-10-13/h2,4-5,7-8,10,12H,3,6,9,11H2,1H3/t12-,17-/m1/s1. The van der Waals surface area contributed by atoms with Crippen LogP contribution < -0.4 is 4.90 Å². The molecular formula is C17H18N4O2S. The molecule has 1 spiro atoms. The molecule has 0 unspecified atom stereocenters. The number of anilines is 1. The molecule has 0 N–H and O–H groups in total. The Labute approximate surface area is 144 Å². The number of nitrogens with zero attached hydrogens (tertiary/aromatic N) is 4. The van der Waals surface area contributed by atoms with E-state index in [1.54, 1.807) is 22.4 Å². The molecule has 24 heavy (non-hydrogen) atoms. The summed E-state index contributed by atoms with van der Waals surface area (Å²) in [4.78, 5) is 37.4. The second-order valence-electron chi connectivity index (χ2n) is 6.52. The summed E-state index contributed by atoms with van der Waals surface area (Å²) in [5.74, 6) is 0.130. The zero-order valence-electron chi connectivity index (χ0n) is 13.4. The molecule has 0 radical (unpaired) electrons. The van der Waals surface area contributed by atoms with E-state index in [1.807, 2.05) is 21.7 Å². The molecule has 2 fully saturated rings. The highest BCUT2D eigenvalue weighted by molar-refractivity contribution is 7.08. The first kappa shape index (κ1) is 15.3. The number of likely N-dealkylation sites (tertiary alicyclic amines) is 1. The minimum Gasteiger partial charge on any atom is -0.336 e. The molecule has 7 heteroatoms. The second kappa shape index (κ2) is 5.66. The fourth-order valence-corrected chi connectivity index (χ4v) is 4.48. The van der Waals surface area contributed by atoms with Gasteiger partial charge in [0.2, 0.25) is 5.91 Å². The van der Waals surface area contributed by atoms with Gasteiger partial charge in [-0.05, 0) is 23.8 Å². The SMILES string of the molecule is C[C@@H]1CN(C(=O)c2cnccn2)C[C@]12CCN(c1ccsc1)C2=O. The average molecular weight is 342 g/mol. The van der Waals surface area contributed by atoms with E-state index in [4.69, 9.17) is 0 Å². The number of aromatic nitrogens is 2. The molecule has 2 aromatic rings. The van der Waals surface area contributed by atoms with Crippen LogP contribution >= 0.6 is 11.3 Å². The van der Waals surface area contributed by atoms with Gasteiger partial charge >= 0.3 is 0 Å². The van der Waals surface area contributed by atoms with Crippen molar-refractivity contribution in [1.82, 2.24) is 14.9 Å². The van der Waals surface area contributed by atoms with E-state index >= 15 is 0 Å². The molecule has 0 aliphatic carbocycles. The van der Waals surface area contributed by atoms with Gasteiger partial charge < -0.3 is 9.80 Å². The lowest BCUT2D eigenvalue weighted by atomic mass is 9.78. The van der Waals surface area contributed by atoms with Crippen LogP contribution in [0.25, 0.3) is 0 Å². The van der Waals surface area contributed by atoms with Crippen LogP contribution in [-0.2, 0) is 4.79 Å². The van der Waals surface area contributed by atoms with E-state index < -0.39 is 5.41 Å². The smallest absolute Gasteiger partial charge is 0.274 e. The van der Waals surface area contributed by atoms with Gasteiger partial charge in [0.25, 0.3) is 5.91 Å². The monoisotopic (exact) mass is 342 g/mol. The second-order valence-corrected chi connectivity index (χ2v) is 7.30. The summed E-state index contributed by atoms with van der Waals surface area (Å²) in [6.45, 7) is 3.83. The number of carbonyl (C=O) groups excluding carboxylic acids is 2. The van der Waals surface area contributed by atoms with E-state index in [-0.39, 0.29) is 17.7 Å². The third kappa shape index (κ3) is 2.23. The molecule has 0 aromatic carbocycles. The van der Waals surface area contributed by atoms with Gasteiger partial charge in [0.15, 0.2) is 0 Å². The Hall–Kier alpha value is -2.28. The molecule has 2 atom stereocenters. The number of amides is 2. The van der Waals surface area contributed by atoms with Gasteiger partial charge in [0, 0.05) is 37.4 Å². The Morgan fingerprint density at radius 1 is 1.42 bits per heavy atom. The summed E-state index contributed by atoms with van der Waals surface area (Å²) in [5.41, 5.74) is 0.828. The maximum atomic E-state index is 13.1. The molecular weight excluding hydrogens is 324 g/mol. The zero-order valence-corrected chi connectivity index (χ0v) is 14.2. The summed E-state index contributed by atoms with van der Waals surface area (Å²) in [5, 5.41) is 3.98. The first-order valence-electron chi connectivity index (χ1n) is 8.01.